The van der Waals surface area contributed by atoms with Crippen LogP contribution in [0.3, 0.4) is 0 Å². The van der Waals surface area contributed by atoms with E-state index in [0.717, 1.165) is 22.4 Å². The maximum absolute atomic E-state index is 13.7. The van der Waals surface area contributed by atoms with Crippen molar-refractivity contribution in [3.63, 3.8) is 0 Å². The summed E-state index contributed by atoms with van der Waals surface area (Å²) in [6.45, 7) is 1.86. The Morgan fingerprint density at radius 3 is 2.41 bits per heavy atom. The first-order valence-corrected chi connectivity index (χ1v) is 11.0. The first-order chi connectivity index (χ1) is 16.4. The Balaban J connectivity index is 1.59. The van der Waals surface area contributed by atoms with Gasteiger partial charge in [-0.05, 0) is 54.7 Å². The van der Waals surface area contributed by atoms with Crippen LogP contribution in [0.2, 0.25) is 0 Å². The quantitative estimate of drug-likeness (QED) is 0.564. The first kappa shape index (κ1) is 21.9. The molecule has 8 nitrogen and oxygen atoms in total. The van der Waals surface area contributed by atoms with Crippen molar-refractivity contribution in [2.45, 2.75) is 31.6 Å². The van der Waals surface area contributed by atoms with Gasteiger partial charge < -0.3 is 29.2 Å². The molecule has 1 aliphatic carbocycles. The smallest absolute Gasteiger partial charge is 0.233 e. The summed E-state index contributed by atoms with van der Waals surface area (Å²) in [6, 6.07) is 10.9. The van der Waals surface area contributed by atoms with E-state index in [1.807, 2.05) is 31.2 Å². The third-order valence-corrected chi connectivity index (χ3v) is 6.67. The van der Waals surface area contributed by atoms with Gasteiger partial charge in [0.2, 0.25) is 5.88 Å². The van der Waals surface area contributed by atoms with Crippen LogP contribution in [0.25, 0.3) is 0 Å². The number of hydrogen-bond donors (Lipinski definition) is 2. The molecule has 2 N–H and O–H groups in total. The molecule has 1 aromatic heterocycles. The number of Topliss-reactive ketones (excluding diaryl/α,β-unsaturated/α-hetero) is 1. The number of rotatable bonds is 5. The van der Waals surface area contributed by atoms with Crippen LogP contribution in [-0.4, -0.2) is 37.4 Å². The number of carbonyl (C=O) groups is 1. The van der Waals surface area contributed by atoms with Gasteiger partial charge in [-0.2, -0.15) is 0 Å². The largest absolute Gasteiger partial charge is 0.504 e. The van der Waals surface area contributed by atoms with E-state index in [1.165, 1.54) is 7.11 Å². The lowest BCUT2D eigenvalue weighted by molar-refractivity contribution is -0.116. The zero-order valence-electron chi connectivity index (χ0n) is 19.5. The number of aryl methyl sites for hydroxylation is 1. The van der Waals surface area contributed by atoms with E-state index in [9.17, 15) is 9.90 Å². The van der Waals surface area contributed by atoms with Gasteiger partial charge in [0.1, 0.15) is 0 Å². The predicted octanol–water partition coefficient (Wildman–Crippen LogP) is 4.67. The highest BCUT2D eigenvalue weighted by molar-refractivity contribution is 6.01. The molecule has 0 saturated carbocycles. The second-order valence-electron chi connectivity index (χ2n) is 8.54. The zero-order valence-corrected chi connectivity index (χ0v) is 19.5. The molecule has 2 aromatic carbocycles. The number of ketones is 1. The standard InChI is InChI=1S/C26H26N2O6/c1-13-23-24(15-5-7-18(29)21(12-15)32-3)25-17(27-26(23)34-28-13)9-16(10-19(25)30)14-6-8-20(31-2)22(11-14)33-4/h5-8,11-12,16,24,27,29H,9-10H2,1-4H3/t16-,24-/m0/s1. The van der Waals surface area contributed by atoms with Crippen molar-refractivity contribution < 1.29 is 28.6 Å². The van der Waals surface area contributed by atoms with Crippen LogP contribution in [0.1, 0.15) is 47.1 Å². The molecule has 0 saturated heterocycles. The number of allylic oxidation sites excluding steroid dienone is 2. The van der Waals surface area contributed by atoms with Gasteiger partial charge in [-0.25, -0.2) is 0 Å². The Kier molecular flexibility index (Phi) is 5.43. The van der Waals surface area contributed by atoms with Gasteiger partial charge in [0.15, 0.2) is 28.8 Å². The molecule has 0 fully saturated rings. The summed E-state index contributed by atoms with van der Waals surface area (Å²) in [7, 11) is 4.70. The molecule has 8 heteroatoms. The van der Waals surface area contributed by atoms with E-state index >= 15 is 0 Å². The average molecular weight is 463 g/mol. The lowest BCUT2D eigenvalue weighted by atomic mass is 9.72. The highest BCUT2D eigenvalue weighted by atomic mass is 16.5. The fourth-order valence-corrected chi connectivity index (χ4v) is 5.02. The summed E-state index contributed by atoms with van der Waals surface area (Å²) in [4.78, 5) is 13.7. The second kappa shape index (κ2) is 8.44. The van der Waals surface area contributed by atoms with E-state index in [1.54, 1.807) is 26.4 Å². The Hall–Kier alpha value is -3.94. The molecule has 2 aliphatic rings. The first-order valence-electron chi connectivity index (χ1n) is 11.0. The maximum Gasteiger partial charge on any atom is 0.233 e. The molecule has 0 bridgehead atoms. The van der Waals surface area contributed by atoms with Gasteiger partial charge in [0.05, 0.1) is 32.6 Å². The Morgan fingerprint density at radius 2 is 1.68 bits per heavy atom. The number of hydrogen-bond acceptors (Lipinski definition) is 8. The van der Waals surface area contributed by atoms with Crippen LogP contribution in [-0.2, 0) is 4.79 Å². The van der Waals surface area contributed by atoms with E-state index in [-0.39, 0.29) is 23.4 Å². The monoisotopic (exact) mass is 462 g/mol. The van der Waals surface area contributed by atoms with Crippen LogP contribution in [0, 0.1) is 6.92 Å². The number of ether oxygens (including phenoxy) is 3. The molecular weight excluding hydrogens is 436 g/mol. The van der Waals surface area contributed by atoms with E-state index in [4.69, 9.17) is 18.7 Å². The number of nitrogens with zero attached hydrogens (tertiary/aromatic N) is 1. The van der Waals surface area contributed by atoms with Crippen molar-refractivity contribution >= 4 is 11.7 Å². The van der Waals surface area contributed by atoms with Crippen molar-refractivity contribution in [2.24, 2.45) is 0 Å². The molecule has 0 amide bonds. The molecule has 0 spiro atoms. The van der Waals surface area contributed by atoms with E-state index in [2.05, 4.69) is 10.5 Å². The normalized spacial score (nSPS) is 19.2. The summed E-state index contributed by atoms with van der Waals surface area (Å²) >= 11 is 0. The van der Waals surface area contributed by atoms with Crippen molar-refractivity contribution in [2.75, 3.05) is 26.6 Å². The zero-order chi connectivity index (χ0) is 24.0. The number of phenolic OH excluding ortho intramolecular Hbond substituents is 1. The van der Waals surface area contributed by atoms with Gasteiger partial charge >= 0.3 is 0 Å². The van der Waals surface area contributed by atoms with E-state index in [0.29, 0.717) is 47.2 Å². The van der Waals surface area contributed by atoms with Crippen LogP contribution < -0.4 is 19.5 Å². The SMILES string of the molecule is COc1cc([C@@H]2C3=C(C[C@H](c4ccc(OC)c(OC)c4)CC3=O)Nc3onc(C)c32)ccc1O. The molecule has 1 aliphatic heterocycles. The molecule has 2 heterocycles. The highest BCUT2D eigenvalue weighted by Gasteiger charge is 2.41. The molecule has 34 heavy (non-hydrogen) atoms. The number of carbonyl (C=O) groups excluding carboxylic acids is 1. The van der Waals surface area contributed by atoms with Crippen LogP contribution in [0.5, 0.6) is 23.0 Å². The minimum Gasteiger partial charge on any atom is -0.504 e. The summed E-state index contributed by atoms with van der Waals surface area (Å²) in [5, 5.41) is 17.6. The molecule has 5 rings (SSSR count). The minimum atomic E-state index is -0.370. The van der Waals surface area contributed by atoms with E-state index < -0.39 is 0 Å². The van der Waals surface area contributed by atoms with Gasteiger partial charge in [-0.1, -0.05) is 17.3 Å². The van der Waals surface area contributed by atoms with Crippen LogP contribution in [0.15, 0.2) is 52.2 Å². The third-order valence-electron chi connectivity index (χ3n) is 6.67. The average Bonchev–Trinajstić information content (AvgIpc) is 3.22. The number of aromatic hydroxyl groups is 1. The van der Waals surface area contributed by atoms with Crippen molar-refractivity contribution in [3.05, 3.63) is 70.1 Å². The van der Waals surface area contributed by atoms with Crippen LogP contribution >= 0.6 is 0 Å². The number of nitrogens with one attached hydrogen (secondary N) is 1. The summed E-state index contributed by atoms with van der Waals surface area (Å²) in [5.41, 5.74) is 4.88. The molecule has 0 radical (unpaired) electrons. The Labute approximate surface area is 197 Å². The van der Waals surface area contributed by atoms with Gasteiger partial charge in [0, 0.05) is 23.6 Å². The lowest BCUT2D eigenvalue weighted by Crippen LogP contribution is -2.29. The molecule has 2 atom stereocenters. The van der Waals surface area contributed by atoms with Gasteiger partial charge in [0.25, 0.3) is 0 Å². The Morgan fingerprint density at radius 1 is 0.971 bits per heavy atom. The molecule has 176 valence electrons. The Bertz CT molecular complexity index is 1310. The number of anilines is 1. The number of benzene rings is 2. The van der Waals surface area contributed by atoms with Crippen LogP contribution in [0.4, 0.5) is 5.88 Å². The highest BCUT2D eigenvalue weighted by Crippen LogP contribution is 2.50. The number of phenols is 1. The second-order valence-corrected chi connectivity index (χ2v) is 8.54. The lowest BCUT2D eigenvalue weighted by Gasteiger charge is -2.34. The van der Waals surface area contributed by atoms with Gasteiger partial charge in [-0.3, -0.25) is 4.79 Å². The fourth-order valence-electron chi connectivity index (χ4n) is 5.02. The predicted molar refractivity (Wildman–Crippen MR) is 125 cm³/mol. The number of fused-ring (bicyclic) bond motifs is 1. The van der Waals surface area contributed by atoms with Crippen molar-refractivity contribution in [1.29, 1.82) is 0 Å². The van der Waals surface area contributed by atoms with Gasteiger partial charge in [-0.15, -0.1) is 0 Å². The maximum atomic E-state index is 13.7. The summed E-state index contributed by atoms with van der Waals surface area (Å²) < 4.78 is 21.7. The third kappa shape index (κ3) is 3.46. The summed E-state index contributed by atoms with van der Waals surface area (Å²) in [6.07, 6.45) is 0.989. The van der Waals surface area contributed by atoms with Crippen molar-refractivity contribution in [3.8, 4) is 23.0 Å². The topological polar surface area (TPSA) is 103 Å². The molecule has 3 aromatic rings. The fraction of sp³-hybridized carbons (Fsp3) is 0.308. The summed E-state index contributed by atoms with van der Waals surface area (Å²) in [5.74, 6) is 1.86. The molecular formula is C26H26N2O6. The number of methoxy groups -OCH3 is 3. The van der Waals surface area contributed by atoms with Crippen molar-refractivity contribution in [1.82, 2.24) is 5.16 Å². The molecule has 0 unspecified atom stereocenters. The number of aromatic nitrogens is 1. The minimum absolute atomic E-state index is 0.0286.